The summed E-state index contributed by atoms with van der Waals surface area (Å²) in [5.41, 5.74) is 6.37. The van der Waals surface area contributed by atoms with Gasteiger partial charge in [-0.2, -0.15) is 0 Å². The molecule has 1 saturated heterocycles. The van der Waals surface area contributed by atoms with Crippen molar-refractivity contribution in [2.45, 2.75) is 62.7 Å². The molecule has 0 radical (unpaired) electrons. The van der Waals surface area contributed by atoms with E-state index in [0.29, 0.717) is 30.2 Å². The highest BCUT2D eigenvalue weighted by molar-refractivity contribution is 7.71. The Morgan fingerprint density at radius 3 is 2.60 bits per heavy atom. The van der Waals surface area contributed by atoms with Gasteiger partial charge in [0.25, 0.3) is 0 Å². The topological polar surface area (TPSA) is 221 Å². The van der Waals surface area contributed by atoms with E-state index in [9.17, 15) is 24.9 Å². The number of nitrogens with one attached hydrogen (secondary N) is 3. The van der Waals surface area contributed by atoms with Crippen molar-refractivity contribution in [1.82, 2.24) is 24.8 Å². The van der Waals surface area contributed by atoms with Crippen molar-refractivity contribution >= 4 is 41.2 Å². The van der Waals surface area contributed by atoms with Gasteiger partial charge < -0.3 is 46.5 Å². The van der Waals surface area contributed by atoms with Gasteiger partial charge in [0.2, 0.25) is 11.9 Å². The Morgan fingerprint density at radius 1 is 1.23 bits per heavy atom. The Hall–Kier alpha value is -2.69. The number of aromatic amines is 1. The monoisotopic (exact) mass is 513 g/mol. The lowest BCUT2D eigenvalue weighted by atomic mass is 10.1. The smallest absolute Gasteiger partial charge is 0.305 e. The second kappa shape index (κ2) is 12.3. The molecule has 1 amide bonds. The van der Waals surface area contributed by atoms with Gasteiger partial charge in [0, 0.05) is 13.1 Å². The summed E-state index contributed by atoms with van der Waals surface area (Å²) in [6, 6.07) is -1.05. The number of amides is 1. The molecule has 1 aliphatic heterocycles. The third kappa shape index (κ3) is 6.71. The summed E-state index contributed by atoms with van der Waals surface area (Å²) in [5, 5.41) is 44.1. The minimum Gasteiger partial charge on any atom is -0.481 e. The van der Waals surface area contributed by atoms with Crippen molar-refractivity contribution in [3.05, 3.63) is 11.0 Å². The Balaban J connectivity index is 1.46. The predicted molar refractivity (Wildman–Crippen MR) is 126 cm³/mol. The number of aliphatic hydroxyl groups is 3. The van der Waals surface area contributed by atoms with E-state index in [1.165, 1.54) is 10.9 Å². The van der Waals surface area contributed by atoms with Gasteiger partial charge in [-0.25, -0.2) is 9.97 Å². The Bertz CT molecular complexity index is 1080. The summed E-state index contributed by atoms with van der Waals surface area (Å²) in [5.74, 6) is -1.17. The number of rotatable bonds is 13. The van der Waals surface area contributed by atoms with Gasteiger partial charge in [0.05, 0.1) is 25.4 Å². The molecule has 9 N–H and O–H groups in total. The maximum absolute atomic E-state index is 11.7. The first kappa shape index (κ1) is 26.9. The van der Waals surface area contributed by atoms with Crippen LogP contribution in [-0.2, 0) is 14.3 Å². The number of aromatic nitrogens is 4. The average Bonchev–Trinajstić information content (AvgIpc) is 3.36. The molecule has 1 aliphatic rings. The van der Waals surface area contributed by atoms with E-state index in [1.54, 1.807) is 0 Å². The van der Waals surface area contributed by atoms with Crippen molar-refractivity contribution in [3.8, 4) is 0 Å². The maximum atomic E-state index is 11.7. The minimum atomic E-state index is -1.26. The van der Waals surface area contributed by atoms with Crippen LogP contribution in [0.15, 0.2) is 6.33 Å². The molecule has 15 heteroatoms. The lowest BCUT2D eigenvalue weighted by Crippen LogP contribution is -2.42. The number of aliphatic hydroxyl groups excluding tert-OH is 3. The van der Waals surface area contributed by atoms with Crippen LogP contribution >= 0.6 is 12.2 Å². The van der Waals surface area contributed by atoms with Crippen LogP contribution < -0.4 is 16.4 Å². The zero-order valence-corrected chi connectivity index (χ0v) is 19.8. The number of hydrogen-bond acceptors (Lipinski definition) is 11. The summed E-state index contributed by atoms with van der Waals surface area (Å²) >= 11 is 5.32. The first-order valence-electron chi connectivity index (χ1n) is 11.3. The molecule has 2 aromatic rings. The van der Waals surface area contributed by atoms with E-state index in [2.05, 4.69) is 25.6 Å². The number of carboxylic acid groups (broad SMARTS) is 1. The second-order valence-corrected chi connectivity index (χ2v) is 8.69. The second-order valence-electron chi connectivity index (χ2n) is 8.30. The molecule has 5 atom stereocenters. The molecule has 0 aliphatic carbocycles. The van der Waals surface area contributed by atoms with Crippen molar-refractivity contribution < 1.29 is 34.8 Å². The van der Waals surface area contributed by atoms with Gasteiger partial charge in [-0.15, -0.1) is 0 Å². The number of nitrogens with zero attached hydrogens (tertiary/aromatic N) is 3. The zero-order chi connectivity index (χ0) is 25.5. The molecular weight excluding hydrogens is 482 g/mol. The third-order valence-electron chi connectivity index (χ3n) is 5.66. The lowest BCUT2D eigenvalue weighted by molar-refractivity contribution is -0.139. The first-order chi connectivity index (χ1) is 16.7. The van der Waals surface area contributed by atoms with E-state index in [4.69, 9.17) is 27.8 Å². The molecule has 0 saturated carbocycles. The number of aliphatic carboxylic acids is 1. The van der Waals surface area contributed by atoms with Crippen molar-refractivity contribution in [1.29, 1.82) is 0 Å². The number of nitrogens with two attached hydrogens (primary N) is 1. The SMILES string of the molecule is NC(CC(=O)O)C(=O)NCCCCCCNc1nc(=S)c2ncn([C@@H]3O[C@H](CO)C(O)[C@@H]3O)c2[nH]1. The average molecular weight is 514 g/mol. The maximum Gasteiger partial charge on any atom is 0.305 e. The number of carbonyl (C=O) groups is 2. The van der Waals surface area contributed by atoms with Gasteiger partial charge in [-0.05, 0) is 12.8 Å². The van der Waals surface area contributed by atoms with Crippen LogP contribution in [0.4, 0.5) is 5.95 Å². The third-order valence-corrected chi connectivity index (χ3v) is 5.95. The fourth-order valence-corrected chi connectivity index (χ4v) is 4.00. The fraction of sp³-hybridized carbons (Fsp3) is 0.650. The highest BCUT2D eigenvalue weighted by atomic mass is 32.1. The number of imidazole rings is 1. The molecule has 1 fully saturated rings. The first-order valence-corrected chi connectivity index (χ1v) is 11.7. The van der Waals surface area contributed by atoms with Crippen LogP contribution in [0, 0.1) is 4.64 Å². The molecule has 35 heavy (non-hydrogen) atoms. The van der Waals surface area contributed by atoms with Crippen LogP contribution in [0.5, 0.6) is 0 Å². The highest BCUT2D eigenvalue weighted by Gasteiger charge is 2.43. The lowest BCUT2D eigenvalue weighted by Gasteiger charge is -2.17. The summed E-state index contributed by atoms with van der Waals surface area (Å²) in [6.07, 6.45) is -0.0334. The Labute approximate surface area is 205 Å². The van der Waals surface area contributed by atoms with E-state index in [-0.39, 0.29) is 4.64 Å². The quantitative estimate of drug-likeness (QED) is 0.119. The normalized spacial score (nSPS) is 22.9. The largest absolute Gasteiger partial charge is 0.481 e. The van der Waals surface area contributed by atoms with E-state index >= 15 is 0 Å². The van der Waals surface area contributed by atoms with Gasteiger partial charge in [-0.3, -0.25) is 14.2 Å². The molecule has 194 valence electrons. The van der Waals surface area contributed by atoms with Gasteiger partial charge in [-0.1, -0.05) is 25.1 Å². The Morgan fingerprint density at radius 2 is 1.94 bits per heavy atom. The van der Waals surface area contributed by atoms with Crippen LogP contribution in [0.2, 0.25) is 0 Å². The van der Waals surface area contributed by atoms with Crippen LogP contribution in [0.25, 0.3) is 11.2 Å². The number of carboxylic acids is 1. The zero-order valence-electron chi connectivity index (χ0n) is 19.0. The molecule has 3 heterocycles. The minimum absolute atomic E-state index is 0.253. The van der Waals surface area contributed by atoms with Gasteiger partial charge in [0.1, 0.15) is 29.5 Å². The molecule has 2 unspecified atom stereocenters. The number of carbonyl (C=O) groups excluding carboxylic acids is 1. The number of ether oxygens (including phenoxy) is 1. The van der Waals surface area contributed by atoms with E-state index in [0.717, 1.165) is 25.7 Å². The molecule has 2 aromatic heterocycles. The van der Waals surface area contributed by atoms with Crippen LogP contribution in [0.1, 0.15) is 38.3 Å². The fourth-order valence-electron chi connectivity index (χ4n) is 3.76. The molecule has 0 spiro atoms. The summed E-state index contributed by atoms with van der Waals surface area (Å²) in [4.78, 5) is 33.8. The molecule has 0 bridgehead atoms. The molecule has 3 rings (SSSR count). The molecule has 0 aromatic carbocycles. The van der Waals surface area contributed by atoms with Crippen molar-refractivity contribution in [2.24, 2.45) is 5.73 Å². The number of fused-ring (bicyclic) bond motifs is 1. The number of hydrogen-bond donors (Lipinski definition) is 8. The molecule has 14 nitrogen and oxygen atoms in total. The number of anilines is 1. The summed E-state index contributed by atoms with van der Waals surface area (Å²) in [7, 11) is 0. The van der Waals surface area contributed by atoms with Crippen molar-refractivity contribution in [3.63, 3.8) is 0 Å². The number of H-pyrrole nitrogens is 1. The molecular formula is C20H31N7O7S. The number of unbranched alkanes of at least 4 members (excludes halogenated alkanes) is 3. The predicted octanol–water partition coefficient (Wildman–Crippen LogP) is -1.01. The van der Waals surface area contributed by atoms with E-state index < -0.39 is 55.5 Å². The summed E-state index contributed by atoms with van der Waals surface area (Å²) < 4.78 is 7.34. The van der Waals surface area contributed by atoms with Crippen LogP contribution in [-0.4, -0.2) is 95.9 Å². The summed E-state index contributed by atoms with van der Waals surface area (Å²) in [6.45, 7) is 0.591. The van der Waals surface area contributed by atoms with Gasteiger partial charge in [0.15, 0.2) is 10.9 Å². The van der Waals surface area contributed by atoms with E-state index in [1.807, 2.05) is 0 Å². The highest BCUT2D eigenvalue weighted by Crippen LogP contribution is 2.31. The van der Waals surface area contributed by atoms with Crippen LogP contribution in [0.3, 0.4) is 0 Å². The van der Waals surface area contributed by atoms with Crippen molar-refractivity contribution in [2.75, 3.05) is 25.0 Å². The standard InChI is InChI=1S/C20H31N7O7S/c21-10(7-12(29)30)17(33)22-5-3-1-2-4-6-23-20-25-16-13(18(35)26-20)24-9-27(16)19-15(32)14(31)11(8-28)34-19/h9-11,14-15,19,28,31-32H,1-8,21H2,(H,22,33)(H,29,30)(H2,23,25,26,35)/t10?,11-,14?,15+,19-/m1/s1. The van der Waals surface area contributed by atoms with Gasteiger partial charge >= 0.3 is 5.97 Å². The Kier molecular flexibility index (Phi) is 9.47.